The molecule has 0 spiro atoms. The molecule has 332 valence electrons. The fraction of sp³-hybridized carbons (Fsp3) is 0.712. The van der Waals surface area contributed by atoms with Crippen molar-refractivity contribution in [3.8, 4) is 0 Å². The van der Waals surface area contributed by atoms with Crippen LogP contribution in [0.4, 0.5) is 0 Å². The van der Waals surface area contributed by atoms with Gasteiger partial charge in [0.05, 0.1) is 0 Å². The molecule has 58 heavy (non-hydrogen) atoms. The Hall–Kier alpha value is -3.15. The third-order valence-electron chi connectivity index (χ3n) is 9.98. The summed E-state index contributed by atoms with van der Waals surface area (Å²) in [4.78, 5) is 37.7. The molecule has 0 aromatic heterocycles. The Morgan fingerprint density at radius 2 is 0.672 bits per heavy atom. The number of hydrogen-bond donors (Lipinski definition) is 0. The topological polar surface area (TPSA) is 78.9 Å². The Kier molecular flexibility index (Phi) is 44.0. The molecule has 0 heterocycles. The number of allylic oxidation sites excluding steroid dienone is 12. The summed E-state index contributed by atoms with van der Waals surface area (Å²) in [6.07, 6.45) is 57.5. The summed E-state index contributed by atoms with van der Waals surface area (Å²) in [5.74, 6) is -0.939. The van der Waals surface area contributed by atoms with Crippen LogP contribution in [0.1, 0.15) is 220 Å². The van der Waals surface area contributed by atoms with Gasteiger partial charge in [-0.15, -0.1) is 0 Å². The third kappa shape index (κ3) is 44.0. The molecule has 0 saturated heterocycles. The maximum absolute atomic E-state index is 12.7. The number of ether oxygens (including phenoxy) is 3. The Balaban J connectivity index is 4.37. The number of esters is 3. The first-order valence-corrected chi connectivity index (χ1v) is 23.9. The summed E-state index contributed by atoms with van der Waals surface area (Å²) in [5.41, 5.74) is 0. The van der Waals surface area contributed by atoms with Gasteiger partial charge in [0.15, 0.2) is 6.10 Å². The number of carbonyl (C=O) groups excluding carboxylic acids is 3. The monoisotopic (exact) mass is 809 g/mol. The van der Waals surface area contributed by atoms with Crippen LogP contribution in [-0.2, 0) is 28.6 Å². The van der Waals surface area contributed by atoms with Crippen molar-refractivity contribution in [2.75, 3.05) is 13.2 Å². The van der Waals surface area contributed by atoms with Gasteiger partial charge in [0, 0.05) is 19.3 Å². The van der Waals surface area contributed by atoms with Crippen LogP contribution >= 0.6 is 0 Å². The summed E-state index contributed by atoms with van der Waals surface area (Å²) in [5, 5.41) is 0. The Labute approximate surface area is 357 Å². The Morgan fingerprint density at radius 3 is 1.05 bits per heavy atom. The molecular weight excluding hydrogens is 721 g/mol. The van der Waals surface area contributed by atoms with E-state index in [1.165, 1.54) is 83.5 Å². The molecule has 0 aliphatic rings. The molecule has 0 bridgehead atoms. The summed E-state index contributed by atoms with van der Waals surface area (Å²) >= 11 is 0. The highest BCUT2D eigenvalue weighted by atomic mass is 16.6. The van der Waals surface area contributed by atoms with Gasteiger partial charge >= 0.3 is 17.9 Å². The van der Waals surface area contributed by atoms with Crippen molar-refractivity contribution in [2.45, 2.75) is 226 Å². The van der Waals surface area contributed by atoms with E-state index in [0.29, 0.717) is 19.3 Å². The number of rotatable bonds is 42. The van der Waals surface area contributed by atoms with Gasteiger partial charge in [-0.05, 0) is 70.6 Å². The average molecular weight is 809 g/mol. The molecule has 6 nitrogen and oxygen atoms in total. The average Bonchev–Trinajstić information content (AvgIpc) is 3.22. The second kappa shape index (κ2) is 46.5. The SMILES string of the molecule is CC/C=C\C/C=C\C/C=C\C/C=C\C/C=C\C/C=C\CCCCC(=O)OCC(COC(=O)CCCCCCCCCCC)OC(=O)CCCCCCCCCCCC. The lowest BCUT2D eigenvalue weighted by Crippen LogP contribution is -2.30. The number of carbonyl (C=O) groups is 3. The maximum atomic E-state index is 12.7. The van der Waals surface area contributed by atoms with E-state index in [0.717, 1.165) is 96.3 Å². The predicted molar refractivity (Wildman–Crippen MR) is 247 cm³/mol. The van der Waals surface area contributed by atoms with Crippen LogP contribution in [0.25, 0.3) is 0 Å². The fourth-order valence-corrected chi connectivity index (χ4v) is 6.38. The van der Waals surface area contributed by atoms with Gasteiger partial charge in [-0.3, -0.25) is 14.4 Å². The van der Waals surface area contributed by atoms with E-state index < -0.39 is 6.10 Å². The van der Waals surface area contributed by atoms with Gasteiger partial charge in [0.1, 0.15) is 13.2 Å². The minimum Gasteiger partial charge on any atom is -0.462 e. The molecule has 0 radical (unpaired) electrons. The zero-order valence-electron chi connectivity index (χ0n) is 37.8. The second-order valence-electron chi connectivity index (χ2n) is 15.6. The van der Waals surface area contributed by atoms with Crippen LogP contribution in [0.3, 0.4) is 0 Å². The zero-order valence-corrected chi connectivity index (χ0v) is 37.8. The summed E-state index contributed by atoms with van der Waals surface area (Å²) < 4.78 is 16.7. The highest BCUT2D eigenvalue weighted by Crippen LogP contribution is 2.14. The van der Waals surface area contributed by atoms with Gasteiger partial charge in [-0.25, -0.2) is 0 Å². The van der Waals surface area contributed by atoms with E-state index in [-0.39, 0.29) is 31.1 Å². The molecule has 0 fully saturated rings. The zero-order chi connectivity index (χ0) is 42.3. The standard InChI is InChI=1S/C52H88O6/c1-4-7-10-13-16-19-21-22-23-24-25-26-27-28-29-30-31-34-36-39-42-45-51(54)57-48-49(47-56-50(53)44-41-38-35-32-18-15-12-9-6-3)58-52(55)46-43-40-37-33-20-17-14-11-8-5-2/h7,10,16,19,22-23,25-26,28-29,31,34,49H,4-6,8-9,11-15,17-18,20-21,24,27,30,32-33,35-48H2,1-3H3/b10-7-,19-16-,23-22-,26-25-,29-28-,34-31-. The van der Waals surface area contributed by atoms with E-state index in [9.17, 15) is 14.4 Å². The lowest BCUT2D eigenvalue weighted by Gasteiger charge is -2.18. The lowest BCUT2D eigenvalue weighted by molar-refractivity contribution is -0.167. The quantitative estimate of drug-likeness (QED) is 0.0264. The highest BCUT2D eigenvalue weighted by molar-refractivity contribution is 5.71. The van der Waals surface area contributed by atoms with Gasteiger partial charge in [-0.2, -0.15) is 0 Å². The minimum atomic E-state index is -0.787. The first kappa shape index (κ1) is 54.9. The lowest BCUT2D eigenvalue weighted by atomic mass is 10.1. The minimum absolute atomic E-state index is 0.0873. The van der Waals surface area contributed by atoms with Gasteiger partial charge in [0.25, 0.3) is 0 Å². The summed E-state index contributed by atoms with van der Waals surface area (Å²) in [7, 11) is 0. The van der Waals surface area contributed by atoms with E-state index in [4.69, 9.17) is 14.2 Å². The van der Waals surface area contributed by atoms with Gasteiger partial charge in [-0.1, -0.05) is 203 Å². The maximum Gasteiger partial charge on any atom is 0.306 e. The predicted octanol–water partition coefficient (Wildman–Crippen LogP) is 15.5. The molecule has 0 N–H and O–H groups in total. The highest BCUT2D eigenvalue weighted by Gasteiger charge is 2.19. The fourth-order valence-electron chi connectivity index (χ4n) is 6.38. The van der Waals surface area contributed by atoms with Crippen LogP contribution in [0, 0.1) is 0 Å². The van der Waals surface area contributed by atoms with Crippen molar-refractivity contribution >= 4 is 17.9 Å². The van der Waals surface area contributed by atoms with E-state index in [2.05, 4.69) is 93.7 Å². The Morgan fingerprint density at radius 1 is 0.362 bits per heavy atom. The van der Waals surface area contributed by atoms with Crippen LogP contribution in [0.2, 0.25) is 0 Å². The normalized spacial score (nSPS) is 12.7. The van der Waals surface area contributed by atoms with Crippen molar-refractivity contribution < 1.29 is 28.6 Å². The van der Waals surface area contributed by atoms with Crippen LogP contribution in [0.5, 0.6) is 0 Å². The first-order valence-electron chi connectivity index (χ1n) is 23.9. The molecule has 0 aliphatic heterocycles. The molecule has 6 heteroatoms. The van der Waals surface area contributed by atoms with Crippen molar-refractivity contribution in [3.63, 3.8) is 0 Å². The number of unbranched alkanes of at least 4 members (excludes halogenated alkanes) is 19. The van der Waals surface area contributed by atoms with E-state index in [1.807, 2.05) is 0 Å². The molecular formula is C52H88O6. The van der Waals surface area contributed by atoms with E-state index in [1.54, 1.807) is 0 Å². The van der Waals surface area contributed by atoms with Crippen molar-refractivity contribution in [3.05, 3.63) is 72.9 Å². The number of hydrogen-bond acceptors (Lipinski definition) is 6. The molecule has 1 atom stereocenters. The van der Waals surface area contributed by atoms with E-state index >= 15 is 0 Å². The van der Waals surface area contributed by atoms with Crippen LogP contribution in [-0.4, -0.2) is 37.2 Å². The molecule has 0 aromatic rings. The van der Waals surface area contributed by atoms with Gasteiger partial charge in [0.2, 0.25) is 0 Å². The van der Waals surface area contributed by atoms with Crippen molar-refractivity contribution in [2.24, 2.45) is 0 Å². The Bertz CT molecular complexity index is 1110. The molecule has 1 unspecified atom stereocenters. The third-order valence-corrected chi connectivity index (χ3v) is 9.98. The summed E-state index contributed by atoms with van der Waals surface area (Å²) in [6, 6.07) is 0. The second-order valence-corrected chi connectivity index (χ2v) is 15.6. The molecule has 0 aromatic carbocycles. The van der Waals surface area contributed by atoms with Gasteiger partial charge < -0.3 is 14.2 Å². The molecule has 0 aliphatic carbocycles. The largest absolute Gasteiger partial charge is 0.462 e. The smallest absolute Gasteiger partial charge is 0.306 e. The molecule has 0 rings (SSSR count). The molecule has 0 amide bonds. The molecule has 0 saturated carbocycles. The van der Waals surface area contributed by atoms with Crippen molar-refractivity contribution in [1.82, 2.24) is 0 Å². The summed E-state index contributed by atoms with van der Waals surface area (Å²) in [6.45, 7) is 6.44. The first-order chi connectivity index (χ1) is 28.5. The van der Waals surface area contributed by atoms with Crippen molar-refractivity contribution in [1.29, 1.82) is 0 Å². The van der Waals surface area contributed by atoms with Crippen LogP contribution in [0.15, 0.2) is 72.9 Å². The van der Waals surface area contributed by atoms with Crippen LogP contribution < -0.4 is 0 Å².